The van der Waals surface area contributed by atoms with Gasteiger partial charge < -0.3 is 9.64 Å². The summed E-state index contributed by atoms with van der Waals surface area (Å²) >= 11 is 0. The summed E-state index contributed by atoms with van der Waals surface area (Å²) < 4.78 is 5.39. The van der Waals surface area contributed by atoms with Crippen molar-refractivity contribution in [1.29, 1.82) is 0 Å². The van der Waals surface area contributed by atoms with E-state index >= 15 is 0 Å². The molecule has 1 amide bonds. The second kappa shape index (κ2) is 9.93. The Balaban J connectivity index is 1.60. The monoisotopic (exact) mass is 379 g/mol. The number of hydrogen-bond donors (Lipinski definition) is 1. The van der Waals surface area contributed by atoms with Gasteiger partial charge in [-0.05, 0) is 68.7 Å². The Morgan fingerprint density at radius 2 is 1.57 bits per heavy atom. The molecule has 1 saturated heterocycles. The van der Waals surface area contributed by atoms with Gasteiger partial charge in [0.05, 0.1) is 12.3 Å². The van der Waals surface area contributed by atoms with Gasteiger partial charge in [0.1, 0.15) is 5.75 Å². The Hall–Kier alpha value is -2.82. The summed E-state index contributed by atoms with van der Waals surface area (Å²) in [5.41, 5.74) is 6.23. The fourth-order valence-electron chi connectivity index (χ4n) is 3.38. The highest BCUT2D eigenvalue weighted by Crippen LogP contribution is 2.20. The number of hydrogen-bond acceptors (Lipinski definition) is 4. The summed E-state index contributed by atoms with van der Waals surface area (Å²) in [4.78, 5) is 14.7. The van der Waals surface area contributed by atoms with Crippen molar-refractivity contribution in [1.82, 2.24) is 5.43 Å². The van der Waals surface area contributed by atoms with Gasteiger partial charge >= 0.3 is 0 Å². The van der Waals surface area contributed by atoms with Crippen LogP contribution in [0, 0.1) is 0 Å². The molecule has 148 valence electrons. The number of nitrogens with one attached hydrogen (secondary N) is 1. The standard InChI is InChI=1S/C23H29N3O2/c1-3-28-22-14-10-20(11-15-22)23(27)25-24-18(2)19-8-12-21(13-9-19)26-16-6-4-5-7-17-26/h8-15H,3-7,16-17H2,1-2H3,(H,25,27)/b24-18-. The molecule has 2 aromatic rings. The SMILES string of the molecule is CCOc1ccc(C(=O)N/N=C(/C)c2ccc(N3CCCCCC3)cc2)cc1. The summed E-state index contributed by atoms with van der Waals surface area (Å²) in [7, 11) is 0. The first-order valence-corrected chi connectivity index (χ1v) is 10.1. The third-order valence-electron chi connectivity index (χ3n) is 5.01. The van der Waals surface area contributed by atoms with Crippen LogP contribution in [0.4, 0.5) is 5.69 Å². The van der Waals surface area contributed by atoms with Crippen LogP contribution in [-0.2, 0) is 0 Å². The number of carbonyl (C=O) groups is 1. The highest BCUT2D eigenvalue weighted by molar-refractivity contribution is 6.01. The second-order valence-electron chi connectivity index (χ2n) is 7.04. The largest absolute Gasteiger partial charge is 0.494 e. The van der Waals surface area contributed by atoms with Gasteiger partial charge in [-0.15, -0.1) is 0 Å². The molecular weight excluding hydrogens is 350 g/mol. The van der Waals surface area contributed by atoms with E-state index in [1.807, 2.05) is 13.8 Å². The van der Waals surface area contributed by atoms with Crippen molar-refractivity contribution < 1.29 is 9.53 Å². The Bertz CT molecular complexity index is 790. The number of rotatable bonds is 6. The van der Waals surface area contributed by atoms with Crippen molar-refractivity contribution >= 4 is 17.3 Å². The van der Waals surface area contributed by atoms with E-state index in [9.17, 15) is 4.79 Å². The van der Waals surface area contributed by atoms with Gasteiger partial charge in [-0.1, -0.05) is 25.0 Å². The summed E-state index contributed by atoms with van der Waals surface area (Å²) in [5, 5.41) is 4.26. The molecule has 3 rings (SSSR count). The lowest BCUT2D eigenvalue weighted by Crippen LogP contribution is -2.23. The lowest BCUT2D eigenvalue weighted by Gasteiger charge is -2.22. The Morgan fingerprint density at radius 3 is 2.18 bits per heavy atom. The van der Waals surface area contributed by atoms with Gasteiger partial charge in [0.2, 0.25) is 0 Å². The van der Waals surface area contributed by atoms with Crippen LogP contribution in [0.3, 0.4) is 0 Å². The van der Waals surface area contributed by atoms with Crippen LogP contribution in [-0.4, -0.2) is 31.3 Å². The normalized spacial score (nSPS) is 15.1. The lowest BCUT2D eigenvalue weighted by atomic mass is 10.1. The number of amides is 1. The maximum absolute atomic E-state index is 12.3. The van der Waals surface area contributed by atoms with Crippen LogP contribution in [0.2, 0.25) is 0 Å². The number of nitrogens with zero attached hydrogens (tertiary/aromatic N) is 2. The zero-order valence-electron chi connectivity index (χ0n) is 16.8. The van der Waals surface area contributed by atoms with Gasteiger partial charge in [-0.3, -0.25) is 4.79 Å². The molecule has 2 aromatic carbocycles. The number of anilines is 1. The Labute approximate surface area is 167 Å². The van der Waals surface area contributed by atoms with Gasteiger partial charge in [-0.2, -0.15) is 5.10 Å². The maximum Gasteiger partial charge on any atom is 0.271 e. The van der Waals surface area contributed by atoms with E-state index in [1.165, 1.54) is 31.4 Å². The quantitative estimate of drug-likeness (QED) is 0.589. The third-order valence-corrected chi connectivity index (χ3v) is 5.01. The molecular formula is C23H29N3O2. The summed E-state index contributed by atoms with van der Waals surface area (Å²) in [6.07, 6.45) is 5.18. The Kier molecular flexibility index (Phi) is 7.06. The van der Waals surface area contributed by atoms with E-state index in [-0.39, 0.29) is 5.91 Å². The van der Waals surface area contributed by atoms with Crippen molar-refractivity contribution in [3.05, 3.63) is 59.7 Å². The molecule has 0 aromatic heterocycles. The van der Waals surface area contributed by atoms with E-state index in [4.69, 9.17) is 4.74 Å². The zero-order valence-corrected chi connectivity index (χ0v) is 16.8. The molecule has 1 aliphatic rings. The minimum absolute atomic E-state index is 0.233. The molecule has 0 unspecified atom stereocenters. The van der Waals surface area contributed by atoms with Crippen LogP contribution in [0.5, 0.6) is 5.75 Å². The maximum atomic E-state index is 12.3. The topological polar surface area (TPSA) is 53.9 Å². The van der Waals surface area contributed by atoms with Crippen LogP contribution in [0.25, 0.3) is 0 Å². The highest BCUT2D eigenvalue weighted by atomic mass is 16.5. The summed E-state index contributed by atoms with van der Waals surface area (Å²) in [6, 6.07) is 15.5. The van der Waals surface area contributed by atoms with Crippen LogP contribution in [0.15, 0.2) is 53.6 Å². The molecule has 1 heterocycles. The Morgan fingerprint density at radius 1 is 0.964 bits per heavy atom. The minimum Gasteiger partial charge on any atom is -0.494 e. The number of carbonyl (C=O) groups excluding carboxylic acids is 1. The molecule has 0 saturated carbocycles. The first-order valence-electron chi connectivity index (χ1n) is 10.1. The molecule has 1 N–H and O–H groups in total. The summed E-state index contributed by atoms with van der Waals surface area (Å²) in [5.74, 6) is 0.520. The van der Waals surface area contributed by atoms with Crippen LogP contribution in [0.1, 0.15) is 55.5 Å². The van der Waals surface area contributed by atoms with Crippen molar-refractivity contribution in [2.75, 3.05) is 24.6 Å². The lowest BCUT2D eigenvalue weighted by molar-refractivity contribution is 0.0955. The highest BCUT2D eigenvalue weighted by Gasteiger charge is 2.10. The van der Waals surface area contributed by atoms with Gasteiger partial charge in [0, 0.05) is 24.3 Å². The molecule has 0 spiro atoms. The average Bonchev–Trinajstić information content (AvgIpc) is 3.02. The first kappa shape index (κ1) is 19.9. The molecule has 5 nitrogen and oxygen atoms in total. The van der Waals surface area contributed by atoms with Crippen molar-refractivity contribution in [3.8, 4) is 5.75 Å². The van der Waals surface area contributed by atoms with Crippen molar-refractivity contribution in [2.45, 2.75) is 39.5 Å². The van der Waals surface area contributed by atoms with E-state index in [0.29, 0.717) is 12.2 Å². The van der Waals surface area contributed by atoms with Crippen molar-refractivity contribution in [3.63, 3.8) is 0 Å². The molecule has 0 atom stereocenters. The van der Waals surface area contributed by atoms with Gasteiger partial charge in [0.25, 0.3) is 5.91 Å². The molecule has 5 heteroatoms. The fourth-order valence-corrected chi connectivity index (χ4v) is 3.38. The molecule has 1 aliphatic heterocycles. The average molecular weight is 380 g/mol. The predicted molar refractivity (Wildman–Crippen MR) is 114 cm³/mol. The molecule has 0 aliphatic carbocycles. The minimum atomic E-state index is -0.233. The smallest absolute Gasteiger partial charge is 0.271 e. The zero-order chi connectivity index (χ0) is 19.8. The number of hydrazone groups is 1. The van der Waals surface area contributed by atoms with E-state index < -0.39 is 0 Å². The van der Waals surface area contributed by atoms with E-state index in [2.05, 4.69) is 39.7 Å². The number of benzene rings is 2. The van der Waals surface area contributed by atoms with Crippen LogP contribution < -0.4 is 15.1 Å². The predicted octanol–water partition coefficient (Wildman–Crippen LogP) is 4.62. The van der Waals surface area contributed by atoms with Gasteiger partial charge in [0.15, 0.2) is 0 Å². The van der Waals surface area contributed by atoms with Crippen molar-refractivity contribution in [2.24, 2.45) is 5.10 Å². The first-order chi connectivity index (χ1) is 13.7. The van der Waals surface area contributed by atoms with Gasteiger partial charge in [-0.25, -0.2) is 5.43 Å². The van der Waals surface area contributed by atoms with E-state index in [0.717, 1.165) is 30.1 Å². The van der Waals surface area contributed by atoms with Crippen LogP contribution >= 0.6 is 0 Å². The summed E-state index contributed by atoms with van der Waals surface area (Å²) in [6.45, 7) is 6.69. The molecule has 1 fully saturated rings. The fraction of sp³-hybridized carbons (Fsp3) is 0.391. The molecule has 0 bridgehead atoms. The third kappa shape index (κ3) is 5.35. The number of ether oxygens (including phenoxy) is 1. The second-order valence-corrected chi connectivity index (χ2v) is 7.04. The molecule has 0 radical (unpaired) electrons. The van der Waals surface area contributed by atoms with E-state index in [1.54, 1.807) is 24.3 Å². The molecule has 28 heavy (non-hydrogen) atoms.